The molecule has 0 N–H and O–H groups in total. The van der Waals surface area contributed by atoms with Crippen LogP contribution in [-0.2, 0) is 70.0 Å². The summed E-state index contributed by atoms with van der Waals surface area (Å²) in [5, 5.41) is 0. The van der Waals surface area contributed by atoms with Gasteiger partial charge in [-0.25, -0.2) is 14.4 Å². The molecule has 0 radical (unpaired) electrons. The number of carbonyl (C=O) groups is 6. The fraction of sp³-hybridized carbons (Fsp3) is 0.280. The van der Waals surface area contributed by atoms with Gasteiger partial charge in [-0.15, -0.1) is 0 Å². The Labute approximate surface area is 362 Å². The highest BCUT2D eigenvalue weighted by Crippen LogP contribution is 2.28. The smallest absolute Gasteiger partial charge is 0.333 e. The second kappa shape index (κ2) is 23.1. The van der Waals surface area contributed by atoms with Crippen molar-refractivity contribution in [1.29, 1.82) is 0 Å². The summed E-state index contributed by atoms with van der Waals surface area (Å²) in [6.07, 6.45) is -2.81. The van der Waals surface area contributed by atoms with Crippen molar-refractivity contribution in [2.45, 2.75) is 59.2 Å². The standard InChI is InChI=1S/C50H52O12/c1-33(2)46(53)57-29-40(61-44(51)26-38-22-14-16-24-42(38)36-18-10-8-11-19-36)31-59-48(55)35(5)28-50(6,7)49(56)60-32-41(30-58-47(54)34(3)4)62-45(52)27-39-23-15-17-25-43(39)37-20-12-9-13-21-37/h8-25,40-41H,1,3,5,26-32H2,2,4,6-7H3. The Balaban J connectivity index is 1.36. The van der Waals surface area contributed by atoms with E-state index in [0.29, 0.717) is 11.1 Å². The van der Waals surface area contributed by atoms with E-state index in [9.17, 15) is 28.8 Å². The van der Waals surface area contributed by atoms with Crippen LogP contribution in [0.3, 0.4) is 0 Å². The van der Waals surface area contributed by atoms with Gasteiger partial charge in [0.25, 0.3) is 0 Å². The van der Waals surface area contributed by atoms with E-state index in [0.717, 1.165) is 22.3 Å². The summed E-state index contributed by atoms with van der Waals surface area (Å²) in [6.45, 7) is 15.1. The molecule has 0 spiro atoms. The summed E-state index contributed by atoms with van der Waals surface area (Å²) < 4.78 is 32.8. The van der Waals surface area contributed by atoms with E-state index in [2.05, 4.69) is 19.7 Å². The summed E-state index contributed by atoms with van der Waals surface area (Å²) in [5.41, 5.74) is 3.68. The normalized spacial score (nSPS) is 11.8. The lowest BCUT2D eigenvalue weighted by molar-refractivity contribution is -0.169. The third kappa shape index (κ3) is 14.9. The molecule has 2 atom stereocenters. The third-order valence-corrected chi connectivity index (χ3v) is 9.26. The van der Waals surface area contributed by atoms with E-state index in [4.69, 9.17) is 28.4 Å². The highest BCUT2D eigenvalue weighted by Gasteiger charge is 2.34. The summed E-state index contributed by atoms with van der Waals surface area (Å²) in [6, 6.07) is 33.7. The Bertz CT molecular complexity index is 2260. The molecule has 12 heteroatoms. The summed E-state index contributed by atoms with van der Waals surface area (Å²) in [5.74, 6) is -4.42. The van der Waals surface area contributed by atoms with Crippen LogP contribution in [0.4, 0.5) is 0 Å². The van der Waals surface area contributed by atoms with Gasteiger partial charge in [0.05, 0.1) is 18.3 Å². The number of benzene rings is 4. The molecule has 0 aliphatic carbocycles. The Morgan fingerprint density at radius 3 is 1.26 bits per heavy atom. The summed E-state index contributed by atoms with van der Waals surface area (Å²) in [7, 11) is 0. The molecule has 4 aromatic carbocycles. The van der Waals surface area contributed by atoms with Crippen LogP contribution < -0.4 is 0 Å². The van der Waals surface area contributed by atoms with Gasteiger partial charge in [-0.05, 0) is 67.5 Å². The Morgan fingerprint density at radius 2 is 0.855 bits per heavy atom. The SMILES string of the molecule is C=C(C)C(=O)OCC(COC(=O)C(=C)CC(C)(C)C(=O)OCC(COC(=O)C(=C)C)OC(=O)Cc1ccccc1-c1ccccc1)OC(=O)Cc1ccccc1-c1ccccc1. The molecule has 0 fully saturated rings. The van der Waals surface area contributed by atoms with Gasteiger partial charge in [0.1, 0.15) is 26.4 Å². The van der Waals surface area contributed by atoms with Gasteiger partial charge in [0, 0.05) is 16.7 Å². The Kier molecular flexibility index (Phi) is 17.7. The highest BCUT2D eigenvalue weighted by molar-refractivity contribution is 5.90. The molecule has 62 heavy (non-hydrogen) atoms. The molecule has 0 aliphatic heterocycles. The zero-order valence-electron chi connectivity index (χ0n) is 35.5. The molecule has 0 aliphatic rings. The first-order valence-corrected chi connectivity index (χ1v) is 19.9. The maximum absolute atomic E-state index is 13.4. The lowest BCUT2D eigenvalue weighted by atomic mass is 9.86. The van der Waals surface area contributed by atoms with Crippen molar-refractivity contribution >= 4 is 35.8 Å². The van der Waals surface area contributed by atoms with Gasteiger partial charge in [-0.2, -0.15) is 0 Å². The fourth-order valence-corrected chi connectivity index (χ4v) is 6.04. The molecule has 0 bridgehead atoms. The zero-order chi connectivity index (χ0) is 45.2. The topological polar surface area (TPSA) is 158 Å². The van der Waals surface area contributed by atoms with Crippen LogP contribution in [0.2, 0.25) is 0 Å². The van der Waals surface area contributed by atoms with Crippen molar-refractivity contribution in [2.24, 2.45) is 5.41 Å². The van der Waals surface area contributed by atoms with Crippen LogP contribution in [0.5, 0.6) is 0 Å². The molecule has 4 rings (SSSR count). The molecular weight excluding hydrogens is 793 g/mol. The third-order valence-electron chi connectivity index (χ3n) is 9.26. The van der Waals surface area contributed by atoms with Gasteiger partial charge < -0.3 is 28.4 Å². The molecule has 0 saturated heterocycles. The van der Waals surface area contributed by atoms with Crippen molar-refractivity contribution in [2.75, 3.05) is 26.4 Å². The number of hydrogen-bond acceptors (Lipinski definition) is 12. The predicted molar refractivity (Wildman–Crippen MR) is 232 cm³/mol. The van der Waals surface area contributed by atoms with Crippen LogP contribution in [0.1, 0.15) is 45.2 Å². The van der Waals surface area contributed by atoms with Crippen molar-refractivity contribution in [3.8, 4) is 22.3 Å². The predicted octanol–water partition coefficient (Wildman–Crippen LogP) is 7.93. The summed E-state index contributed by atoms with van der Waals surface area (Å²) >= 11 is 0. The van der Waals surface area contributed by atoms with Crippen molar-refractivity contribution in [3.63, 3.8) is 0 Å². The van der Waals surface area contributed by atoms with E-state index < -0.39 is 79.9 Å². The molecule has 2 unspecified atom stereocenters. The number of esters is 6. The monoisotopic (exact) mass is 844 g/mol. The van der Waals surface area contributed by atoms with E-state index in [1.54, 1.807) is 24.3 Å². The molecule has 0 amide bonds. The molecule has 0 heterocycles. The number of ether oxygens (including phenoxy) is 6. The highest BCUT2D eigenvalue weighted by atomic mass is 16.6. The first-order chi connectivity index (χ1) is 29.5. The average molecular weight is 845 g/mol. The van der Waals surface area contributed by atoms with E-state index in [1.165, 1.54) is 27.7 Å². The van der Waals surface area contributed by atoms with Gasteiger partial charge in [-0.1, -0.05) is 129 Å². The van der Waals surface area contributed by atoms with Crippen molar-refractivity contribution in [3.05, 3.63) is 157 Å². The second-order valence-electron chi connectivity index (χ2n) is 15.2. The minimum Gasteiger partial charge on any atom is -0.461 e. The molecular formula is C50H52O12. The van der Waals surface area contributed by atoms with Gasteiger partial charge in [-0.3, -0.25) is 14.4 Å². The number of rotatable bonds is 22. The fourth-order valence-electron chi connectivity index (χ4n) is 6.04. The maximum atomic E-state index is 13.4. The van der Waals surface area contributed by atoms with E-state index in [-0.39, 0.29) is 36.0 Å². The molecule has 4 aromatic rings. The van der Waals surface area contributed by atoms with Gasteiger partial charge >= 0.3 is 35.8 Å². The Morgan fingerprint density at radius 1 is 0.500 bits per heavy atom. The zero-order valence-corrected chi connectivity index (χ0v) is 35.5. The molecule has 0 aromatic heterocycles. The first-order valence-electron chi connectivity index (χ1n) is 19.9. The minimum absolute atomic E-state index is 0.108. The van der Waals surface area contributed by atoms with Crippen molar-refractivity contribution in [1.82, 2.24) is 0 Å². The van der Waals surface area contributed by atoms with E-state index >= 15 is 0 Å². The molecule has 12 nitrogen and oxygen atoms in total. The van der Waals surface area contributed by atoms with Crippen LogP contribution >= 0.6 is 0 Å². The van der Waals surface area contributed by atoms with Crippen LogP contribution in [0, 0.1) is 5.41 Å². The minimum atomic E-state index is -1.34. The first kappa shape index (κ1) is 47.6. The molecule has 0 saturated carbocycles. The van der Waals surface area contributed by atoms with Crippen LogP contribution in [0.25, 0.3) is 22.3 Å². The second-order valence-corrected chi connectivity index (χ2v) is 15.2. The van der Waals surface area contributed by atoms with Crippen LogP contribution in [-0.4, -0.2) is 74.5 Å². The summed E-state index contributed by atoms with van der Waals surface area (Å²) in [4.78, 5) is 77.4. The maximum Gasteiger partial charge on any atom is 0.333 e. The number of carbonyl (C=O) groups excluding carboxylic acids is 6. The lowest BCUT2D eigenvalue weighted by Crippen LogP contribution is -2.35. The quantitative estimate of drug-likeness (QED) is 0.0428. The van der Waals surface area contributed by atoms with Gasteiger partial charge in [0.2, 0.25) is 0 Å². The molecule has 324 valence electrons. The van der Waals surface area contributed by atoms with E-state index in [1.807, 2.05) is 84.9 Å². The largest absolute Gasteiger partial charge is 0.461 e. The number of hydrogen-bond donors (Lipinski definition) is 0. The van der Waals surface area contributed by atoms with Gasteiger partial charge in [0.15, 0.2) is 12.2 Å². The van der Waals surface area contributed by atoms with Crippen molar-refractivity contribution < 1.29 is 57.2 Å². The Hall–Kier alpha value is -7.08. The van der Waals surface area contributed by atoms with Crippen LogP contribution in [0.15, 0.2) is 146 Å². The lowest BCUT2D eigenvalue weighted by Gasteiger charge is -2.25. The average Bonchev–Trinajstić information content (AvgIpc) is 3.25.